The number of imidazole rings is 1. The largest absolute Gasteiger partial charge is 0.304 e. The maximum Gasteiger partial charge on any atom is 0.212 e. The van der Waals surface area contributed by atoms with Crippen molar-refractivity contribution in [3.63, 3.8) is 0 Å². The van der Waals surface area contributed by atoms with E-state index in [9.17, 15) is 0 Å². The van der Waals surface area contributed by atoms with Crippen LogP contribution in [-0.4, -0.2) is 69.5 Å². The Kier molecular flexibility index (Phi) is 8.73. The molecule has 0 radical (unpaired) electrons. The Balaban J connectivity index is 0.000000275. The number of hydrogen-bond donors (Lipinski definition) is 1. The number of rotatable bonds is 6. The van der Waals surface area contributed by atoms with Gasteiger partial charge in [-0.15, -0.1) is 5.92 Å². The molecule has 3 aromatic rings. The maximum atomic E-state index is 7.47. The van der Waals surface area contributed by atoms with Gasteiger partial charge in [-0.25, -0.2) is 14.8 Å². The number of aromatic nitrogens is 3. The molecule has 0 aliphatic carbocycles. The third-order valence-electron chi connectivity index (χ3n) is 4.48. The van der Waals surface area contributed by atoms with Crippen LogP contribution in [0.15, 0.2) is 36.5 Å². The fraction of sp³-hybridized carbons (Fsp3) is 0.400. The molecule has 0 saturated carbocycles. The van der Waals surface area contributed by atoms with E-state index in [1.807, 2.05) is 22.7 Å². The highest BCUT2D eigenvalue weighted by atomic mass is 32.1. The van der Waals surface area contributed by atoms with E-state index in [2.05, 4.69) is 67.1 Å². The van der Waals surface area contributed by atoms with Crippen molar-refractivity contribution in [2.24, 2.45) is 0 Å². The number of hydrogen-bond acceptors (Lipinski definition) is 9. The molecule has 160 valence electrons. The molecule has 10 heteroatoms. The summed E-state index contributed by atoms with van der Waals surface area (Å²) in [6.45, 7) is 7.16. The van der Waals surface area contributed by atoms with Crippen LogP contribution in [0.1, 0.15) is 12.6 Å². The molecule has 0 bridgehead atoms. The van der Waals surface area contributed by atoms with Crippen LogP contribution in [0.4, 0.5) is 0 Å². The third-order valence-corrected chi connectivity index (χ3v) is 5.45. The molecule has 4 rings (SSSR count). The lowest BCUT2D eigenvalue weighted by atomic mass is 10.2. The molecule has 30 heavy (non-hydrogen) atoms. The highest BCUT2D eigenvalue weighted by Gasteiger charge is 2.16. The zero-order valence-electron chi connectivity index (χ0n) is 17.0. The number of benzene rings is 1. The van der Waals surface area contributed by atoms with Gasteiger partial charge in [0.25, 0.3) is 0 Å². The Morgan fingerprint density at radius 1 is 1.17 bits per heavy atom. The first-order valence-electron chi connectivity index (χ1n) is 9.50. The summed E-state index contributed by atoms with van der Waals surface area (Å²) in [5, 5.41) is 19.8. The zero-order chi connectivity index (χ0) is 21.2. The van der Waals surface area contributed by atoms with Crippen LogP contribution < -0.4 is 0 Å². The number of likely N-dealkylation sites (N-methyl/N-ethyl adjacent to an activating group) is 1. The van der Waals surface area contributed by atoms with Crippen molar-refractivity contribution in [1.29, 1.82) is 0 Å². The molecular formula is C20H25N5O4S. The molecule has 1 fully saturated rings. The standard InChI is InChI=1S/C16H19N5S.C4H6O4/c1-19-7-9-20(10-8-19)11-14-12-21-16(17-14)22-15(18-21)13-5-3-2-4-6-13;1-2-3-4-6-8-7-5/h2-6,12H,7-11H2,1H3;5H,4H2,1H3. The van der Waals surface area contributed by atoms with Gasteiger partial charge in [0.05, 0.1) is 11.9 Å². The predicted molar refractivity (Wildman–Crippen MR) is 113 cm³/mol. The van der Waals surface area contributed by atoms with Crippen molar-refractivity contribution in [3.8, 4) is 22.4 Å². The number of nitrogens with zero attached hydrogens (tertiary/aromatic N) is 5. The van der Waals surface area contributed by atoms with Gasteiger partial charge in [0.15, 0.2) is 0 Å². The Bertz CT molecular complexity index is 926. The monoisotopic (exact) mass is 431 g/mol. The van der Waals surface area contributed by atoms with Crippen LogP contribution in [0.5, 0.6) is 0 Å². The first kappa shape index (κ1) is 22.3. The molecule has 3 heterocycles. The second kappa shape index (κ2) is 11.7. The van der Waals surface area contributed by atoms with E-state index >= 15 is 0 Å². The van der Waals surface area contributed by atoms with Gasteiger partial charge in [-0.3, -0.25) is 4.90 Å². The molecule has 9 nitrogen and oxygen atoms in total. The fourth-order valence-electron chi connectivity index (χ4n) is 2.90. The number of fused-ring (bicyclic) bond motifs is 1. The second-order valence-corrected chi connectivity index (χ2v) is 7.60. The van der Waals surface area contributed by atoms with Crippen LogP contribution in [0.3, 0.4) is 0 Å². The minimum absolute atomic E-state index is 0.0804. The average molecular weight is 432 g/mol. The summed E-state index contributed by atoms with van der Waals surface area (Å²) < 4.78 is 1.92. The van der Waals surface area contributed by atoms with Gasteiger partial charge in [0, 0.05) is 38.3 Å². The van der Waals surface area contributed by atoms with Crippen LogP contribution in [0.25, 0.3) is 15.5 Å². The van der Waals surface area contributed by atoms with Gasteiger partial charge < -0.3 is 4.90 Å². The summed E-state index contributed by atoms with van der Waals surface area (Å²) in [6.07, 6.45) is 2.07. The van der Waals surface area contributed by atoms with E-state index in [1.54, 1.807) is 18.3 Å². The molecule has 1 N–H and O–H groups in total. The summed E-state index contributed by atoms with van der Waals surface area (Å²) in [5.41, 5.74) is 2.27. The van der Waals surface area contributed by atoms with Gasteiger partial charge in [0.1, 0.15) is 11.6 Å². The highest BCUT2D eigenvalue weighted by Crippen LogP contribution is 2.25. The van der Waals surface area contributed by atoms with E-state index < -0.39 is 0 Å². The van der Waals surface area contributed by atoms with Crippen molar-refractivity contribution >= 4 is 16.3 Å². The molecule has 1 aromatic carbocycles. The van der Waals surface area contributed by atoms with Crippen molar-refractivity contribution < 1.29 is 20.2 Å². The normalized spacial score (nSPS) is 14.8. The van der Waals surface area contributed by atoms with Gasteiger partial charge in [-0.2, -0.15) is 9.99 Å². The first-order valence-corrected chi connectivity index (χ1v) is 10.3. The Morgan fingerprint density at radius 2 is 1.93 bits per heavy atom. The first-order chi connectivity index (χ1) is 14.7. The zero-order valence-corrected chi connectivity index (χ0v) is 17.8. The summed E-state index contributed by atoms with van der Waals surface area (Å²) in [6, 6.07) is 10.3. The van der Waals surface area contributed by atoms with Gasteiger partial charge in [0.2, 0.25) is 4.96 Å². The van der Waals surface area contributed by atoms with E-state index in [-0.39, 0.29) is 6.61 Å². The smallest absolute Gasteiger partial charge is 0.212 e. The molecule has 0 spiro atoms. The molecule has 1 saturated heterocycles. The van der Waals surface area contributed by atoms with Crippen LogP contribution in [0.2, 0.25) is 0 Å². The van der Waals surface area contributed by atoms with E-state index in [1.165, 1.54) is 0 Å². The summed E-state index contributed by atoms with van der Waals surface area (Å²) in [7, 11) is 2.18. The molecular weight excluding hydrogens is 406 g/mol. The van der Waals surface area contributed by atoms with Crippen molar-refractivity contribution in [3.05, 3.63) is 42.2 Å². The van der Waals surface area contributed by atoms with Crippen LogP contribution in [0, 0.1) is 11.8 Å². The lowest BCUT2D eigenvalue weighted by molar-refractivity contribution is -0.620. The summed E-state index contributed by atoms with van der Waals surface area (Å²) >= 11 is 1.65. The van der Waals surface area contributed by atoms with Gasteiger partial charge >= 0.3 is 0 Å². The minimum atomic E-state index is 0.0804. The summed E-state index contributed by atoms with van der Waals surface area (Å²) in [5.74, 6) is 5.03. The van der Waals surface area contributed by atoms with Crippen molar-refractivity contribution in [2.45, 2.75) is 13.5 Å². The van der Waals surface area contributed by atoms with Crippen molar-refractivity contribution in [1.82, 2.24) is 24.4 Å². The highest BCUT2D eigenvalue weighted by molar-refractivity contribution is 7.19. The Morgan fingerprint density at radius 3 is 2.60 bits per heavy atom. The van der Waals surface area contributed by atoms with Gasteiger partial charge in [-0.05, 0) is 24.0 Å². The topological polar surface area (TPSA) is 84.6 Å². The van der Waals surface area contributed by atoms with Gasteiger partial charge in [-0.1, -0.05) is 47.6 Å². The molecule has 0 amide bonds. The quantitative estimate of drug-likeness (QED) is 0.276. The molecule has 2 aromatic heterocycles. The fourth-order valence-corrected chi connectivity index (χ4v) is 3.81. The van der Waals surface area contributed by atoms with E-state index in [0.717, 1.165) is 53.9 Å². The van der Waals surface area contributed by atoms with Crippen molar-refractivity contribution in [2.75, 3.05) is 39.8 Å². The third kappa shape index (κ3) is 6.58. The Hall–Kier alpha value is -2.36. The molecule has 1 aliphatic rings. The molecule has 0 unspecified atom stereocenters. The van der Waals surface area contributed by atoms with E-state index in [0.29, 0.717) is 0 Å². The predicted octanol–water partition coefficient (Wildman–Crippen LogP) is 2.57. The van der Waals surface area contributed by atoms with Crippen LogP contribution in [-0.2, 0) is 21.5 Å². The lowest BCUT2D eigenvalue weighted by Crippen LogP contribution is -2.43. The molecule has 0 atom stereocenters. The second-order valence-electron chi connectivity index (χ2n) is 6.64. The molecule has 1 aliphatic heterocycles. The number of piperazine rings is 1. The SMILES string of the molecule is CC#CCOOOO.CN1CCN(Cc2cn3nc(-c4ccccc4)sc3n2)CC1. The summed E-state index contributed by atoms with van der Waals surface area (Å²) in [4.78, 5) is 14.6. The maximum absolute atomic E-state index is 7.47. The van der Waals surface area contributed by atoms with Crippen LogP contribution >= 0.6 is 11.3 Å². The average Bonchev–Trinajstić information content (AvgIpc) is 3.33. The lowest BCUT2D eigenvalue weighted by Gasteiger charge is -2.31. The van der Waals surface area contributed by atoms with E-state index in [4.69, 9.17) is 10.2 Å². The minimum Gasteiger partial charge on any atom is -0.304 e. The Labute approximate surface area is 179 Å².